The lowest BCUT2D eigenvalue weighted by molar-refractivity contribution is -0.137. The van der Waals surface area contributed by atoms with Crippen LogP contribution in [0.5, 0.6) is 0 Å². The first-order valence-corrected chi connectivity index (χ1v) is 11.0. The third kappa shape index (κ3) is 3.68. The fraction of sp³-hybridized carbons (Fsp3) is 0.762. The summed E-state index contributed by atoms with van der Waals surface area (Å²) in [5, 5.41) is 10.5. The molecule has 0 radical (unpaired) electrons. The SMILES string of the molecule is O=C(N[C@H]1CCC[C@H]2CN(C(=O)C3CCOCC3)C[C@H]21)c1n[nH]c2c1COCC2. The molecular weight excluding hydrogens is 372 g/mol. The Morgan fingerprint density at radius 2 is 1.93 bits per heavy atom. The van der Waals surface area contributed by atoms with Gasteiger partial charge in [0, 0.05) is 61.9 Å². The number of carbonyl (C=O) groups is 2. The van der Waals surface area contributed by atoms with Crippen LogP contribution in [-0.2, 0) is 27.3 Å². The van der Waals surface area contributed by atoms with Crippen LogP contribution in [0.1, 0.15) is 53.8 Å². The molecule has 2 amide bonds. The zero-order valence-electron chi connectivity index (χ0n) is 16.8. The molecule has 1 aromatic rings. The fourth-order valence-electron chi connectivity index (χ4n) is 5.57. The van der Waals surface area contributed by atoms with Crippen molar-refractivity contribution in [2.75, 3.05) is 32.9 Å². The molecule has 4 heterocycles. The van der Waals surface area contributed by atoms with Crippen molar-refractivity contribution >= 4 is 11.8 Å². The second-order valence-electron chi connectivity index (χ2n) is 8.90. The zero-order chi connectivity index (χ0) is 19.8. The van der Waals surface area contributed by atoms with Gasteiger partial charge in [0.1, 0.15) is 0 Å². The largest absolute Gasteiger partial charge is 0.381 e. The van der Waals surface area contributed by atoms with Crippen LogP contribution in [0.4, 0.5) is 0 Å². The average molecular weight is 402 g/mol. The van der Waals surface area contributed by atoms with Crippen LogP contribution >= 0.6 is 0 Å². The van der Waals surface area contributed by atoms with Crippen LogP contribution in [0, 0.1) is 17.8 Å². The van der Waals surface area contributed by atoms with Gasteiger partial charge < -0.3 is 19.7 Å². The summed E-state index contributed by atoms with van der Waals surface area (Å²) >= 11 is 0. The number of fused-ring (bicyclic) bond motifs is 2. The molecule has 1 aromatic heterocycles. The highest BCUT2D eigenvalue weighted by Crippen LogP contribution is 2.37. The molecule has 0 unspecified atom stereocenters. The maximum absolute atomic E-state index is 13.0. The van der Waals surface area contributed by atoms with Gasteiger partial charge in [-0.1, -0.05) is 6.42 Å². The van der Waals surface area contributed by atoms with Crippen LogP contribution in [0.2, 0.25) is 0 Å². The minimum absolute atomic E-state index is 0.102. The first-order chi connectivity index (χ1) is 14.2. The van der Waals surface area contributed by atoms with Crippen LogP contribution in [0.25, 0.3) is 0 Å². The maximum atomic E-state index is 13.0. The van der Waals surface area contributed by atoms with Crippen molar-refractivity contribution in [1.82, 2.24) is 20.4 Å². The Morgan fingerprint density at radius 1 is 1.07 bits per heavy atom. The minimum Gasteiger partial charge on any atom is -0.381 e. The lowest BCUT2D eigenvalue weighted by Gasteiger charge is -2.33. The Labute approximate surface area is 170 Å². The Balaban J connectivity index is 1.25. The predicted octanol–water partition coefficient (Wildman–Crippen LogP) is 1.27. The Bertz CT molecular complexity index is 773. The van der Waals surface area contributed by atoms with Gasteiger partial charge in [-0.25, -0.2) is 0 Å². The number of aromatic nitrogens is 2. The molecule has 1 saturated carbocycles. The summed E-state index contributed by atoms with van der Waals surface area (Å²) in [4.78, 5) is 28.0. The van der Waals surface area contributed by atoms with Gasteiger partial charge in [0.2, 0.25) is 5.91 Å². The normalized spacial score (nSPS) is 29.9. The van der Waals surface area contributed by atoms with E-state index in [1.165, 1.54) is 0 Å². The zero-order valence-corrected chi connectivity index (χ0v) is 16.8. The molecule has 29 heavy (non-hydrogen) atoms. The fourth-order valence-corrected chi connectivity index (χ4v) is 5.57. The average Bonchev–Trinajstić information content (AvgIpc) is 3.39. The molecule has 0 bridgehead atoms. The van der Waals surface area contributed by atoms with E-state index in [0.29, 0.717) is 44.0 Å². The molecule has 8 heteroatoms. The highest BCUT2D eigenvalue weighted by atomic mass is 16.5. The second kappa shape index (κ2) is 8.07. The van der Waals surface area contributed by atoms with Crippen LogP contribution in [0.15, 0.2) is 0 Å². The van der Waals surface area contributed by atoms with Gasteiger partial charge >= 0.3 is 0 Å². The molecule has 2 saturated heterocycles. The number of hydrogen-bond acceptors (Lipinski definition) is 5. The summed E-state index contributed by atoms with van der Waals surface area (Å²) in [5.74, 6) is 1.09. The van der Waals surface area contributed by atoms with Crippen molar-refractivity contribution in [3.05, 3.63) is 17.0 Å². The van der Waals surface area contributed by atoms with Gasteiger partial charge in [-0.2, -0.15) is 5.10 Å². The Hall–Kier alpha value is -1.93. The lowest BCUT2D eigenvalue weighted by Crippen LogP contribution is -2.46. The number of H-pyrrole nitrogens is 1. The van der Waals surface area contributed by atoms with Gasteiger partial charge in [-0.15, -0.1) is 0 Å². The summed E-state index contributed by atoms with van der Waals surface area (Å²) in [6.45, 7) is 4.08. The van der Waals surface area contributed by atoms with E-state index >= 15 is 0 Å². The molecule has 3 aliphatic heterocycles. The van der Waals surface area contributed by atoms with E-state index in [-0.39, 0.29) is 23.8 Å². The van der Waals surface area contributed by atoms with E-state index in [1.807, 2.05) is 0 Å². The molecule has 3 atom stereocenters. The number of aromatic amines is 1. The van der Waals surface area contributed by atoms with E-state index in [4.69, 9.17) is 9.47 Å². The molecule has 158 valence electrons. The molecule has 0 aromatic carbocycles. The second-order valence-corrected chi connectivity index (χ2v) is 8.90. The number of ether oxygens (including phenoxy) is 2. The topological polar surface area (TPSA) is 96.5 Å². The van der Waals surface area contributed by atoms with Gasteiger partial charge in [0.05, 0.1) is 13.2 Å². The van der Waals surface area contributed by atoms with Gasteiger partial charge in [-0.05, 0) is 31.6 Å². The monoisotopic (exact) mass is 402 g/mol. The van der Waals surface area contributed by atoms with Gasteiger partial charge in [0.25, 0.3) is 5.91 Å². The van der Waals surface area contributed by atoms with Crippen LogP contribution in [0.3, 0.4) is 0 Å². The molecule has 4 aliphatic rings. The van der Waals surface area contributed by atoms with Crippen molar-refractivity contribution in [2.24, 2.45) is 17.8 Å². The molecule has 3 fully saturated rings. The van der Waals surface area contributed by atoms with E-state index < -0.39 is 0 Å². The number of likely N-dealkylation sites (tertiary alicyclic amines) is 1. The maximum Gasteiger partial charge on any atom is 0.272 e. The standard InChI is InChI=1S/C21H30N4O4/c26-20(19-16-12-29-9-6-18(16)23-24-19)22-17-3-1-2-14-10-25(11-15(14)17)21(27)13-4-7-28-8-5-13/h13-15,17H,1-12H2,(H,22,26)(H,23,24)/t14-,15+,17-/m0/s1. The molecule has 5 rings (SSSR count). The van der Waals surface area contributed by atoms with Crippen molar-refractivity contribution in [3.63, 3.8) is 0 Å². The quantitative estimate of drug-likeness (QED) is 0.794. The Morgan fingerprint density at radius 3 is 2.79 bits per heavy atom. The first-order valence-electron chi connectivity index (χ1n) is 11.0. The molecular formula is C21H30N4O4. The highest BCUT2D eigenvalue weighted by molar-refractivity contribution is 5.94. The number of nitrogens with zero attached hydrogens (tertiary/aromatic N) is 2. The molecule has 2 N–H and O–H groups in total. The summed E-state index contributed by atoms with van der Waals surface area (Å²) < 4.78 is 10.9. The van der Waals surface area contributed by atoms with Crippen molar-refractivity contribution in [2.45, 2.75) is 51.2 Å². The lowest BCUT2D eigenvalue weighted by atomic mass is 9.78. The van der Waals surface area contributed by atoms with Crippen LogP contribution < -0.4 is 5.32 Å². The van der Waals surface area contributed by atoms with E-state index in [2.05, 4.69) is 20.4 Å². The van der Waals surface area contributed by atoms with Crippen molar-refractivity contribution in [3.8, 4) is 0 Å². The van der Waals surface area contributed by atoms with Crippen molar-refractivity contribution < 1.29 is 19.1 Å². The van der Waals surface area contributed by atoms with Gasteiger partial charge in [0.15, 0.2) is 5.69 Å². The summed E-state index contributed by atoms with van der Waals surface area (Å²) in [6, 6.07) is 0.102. The van der Waals surface area contributed by atoms with E-state index in [0.717, 1.165) is 62.9 Å². The number of amides is 2. The number of nitrogens with one attached hydrogen (secondary N) is 2. The molecule has 1 aliphatic carbocycles. The van der Waals surface area contributed by atoms with Gasteiger partial charge in [-0.3, -0.25) is 14.7 Å². The third-order valence-corrected chi connectivity index (χ3v) is 7.21. The predicted molar refractivity (Wildman–Crippen MR) is 104 cm³/mol. The highest BCUT2D eigenvalue weighted by Gasteiger charge is 2.43. The Kier molecular flexibility index (Phi) is 5.30. The number of rotatable bonds is 3. The first kappa shape index (κ1) is 19.1. The number of carbonyl (C=O) groups excluding carboxylic acids is 2. The smallest absolute Gasteiger partial charge is 0.272 e. The number of hydrogen-bond donors (Lipinski definition) is 2. The summed E-state index contributed by atoms with van der Waals surface area (Å²) in [7, 11) is 0. The molecule has 8 nitrogen and oxygen atoms in total. The molecule has 0 spiro atoms. The summed E-state index contributed by atoms with van der Waals surface area (Å²) in [6.07, 6.45) is 5.63. The third-order valence-electron chi connectivity index (χ3n) is 7.21. The van der Waals surface area contributed by atoms with Crippen molar-refractivity contribution in [1.29, 1.82) is 0 Å². The van der Waals surface area contributed by atoms with E-state index in [9.17, 15) is 9.59 Å². The van der Waals surface area contributed by atoms with Crippen LogP contribution in [-0.4, -0.2) is 65.9 Å². The minimum atomic E-state index is -0.118. The summed E-state index contributed by atoms with van der Waals surface area (Å²) in [5.41, 5.74) is 2.37. The van der Waals surface area contributed by atoms with E-state index in [1.54, 1.807) is 0 Å².